The monoisotopic (exact) mass is 860 g/mol. The van der Waals surface area contributed by atoms with Gasteiger partial charge in [-0.15, -0.1) is 12.0 Å². The summed E-state index contributed by atoms with van der Waals surface area (Å²) >= 11 is 24.2. The van der Waals surface area contributed by atoms with Gasteiger partial charge in [0, 0.05) is 56.8 Å². The van der Waals surface area contributed by atoms with Crippen molar-refractivity contribution in [3.05, 3.63) is 103 Å². The molecule has 2 atom stereocenters. The van der Waals surface area contributed by atoms with Crippen molar-refractivity contribution in [3.8, 4) is 35.3 Å². The van der Waals surface area contributed by atoms with Crippen molar-refractivity contribution < 1.29 is 137 Å². The first-order chi connectivity index (χ1) is 23.4. The third-order valence-corrected chi connectivity index (χ3v) is 8.43. The molecule has 0 saturated carbocycles. The summed E-state index contributed by atoms with van der Waals surface area (Å²) < 4.78 is 38.8. The fourth-order valence-electron chi connectivity index (χ4n) is 3.84. The van der Waals surface area contributed by atoms with Crippen molar-refractivity contribution in [3.63, 3.8) is 0 Å². The Morgan fingerprint density at radius 3 is 1.60 bits per heavy atom. The first kappa shape index (κ1) is 51.0. The number of hydrogen-bond donors (Lipinski definition) is 2. The Bertz CT molecular complexity index is 1950. The van der Waals surface area contributed by atoms with Crippen LogP contribution in [0.3, 0.4) is 0 Å². The minimum atomic E-state index is -1.51. The molecule has 0 radical (unpaired) electrons. The average molecular weight is 863 g/mol. The van der Waals surface area contributed by atoms with E-state index < -0.39 is 31.9 Å². The van der Waals surface area contributed by atoms with Gasteiger partial charge in [-0.25, -0.2) is 18.7 Å². The Balaban J connectivity index is 0. The molecule has 4 rings (SSSR count). The summed E-state index contributed by atoms with van der Waals surface area (Å²) in [6.45, 7) is 9.66. The molecule has 2 aromatic carbocycles. The minimum Gasteiger partial charge on any atom is -1.00 e. The maximum atomic E-state index is 13.7. The van der Waals surface area contributed by atoms with Crippen molar-refractivity contribution >= 4 is 72.6 Å². The van der Waals surface area contributed by atoms with Crippen LogP contribution in [0.25, 0.3) is 0 Å². The van der Waals surface area contributed by atoms with Crippen LogP contribution in [0, 0.1) is 35.4 Å². The number of anilines is 2. The molecule has 0 aliphatic rings. The molecule has 0 aliphatic heterocycles. The molecule has 0 fully saturated rings. The fourth-order valence-corrected chi connectivity index (χ4v) is 5.71. The summed E-state index contributed by atoms with van der Waals surface area (Å²) in [6.07, 6.45) is 7.12. The van der Waals surface area contributed by atoms with Crippen LogP contribution >= 0.6 is 46.4 Å². The molecule has 0 aliphatic carbocycles. The quantitative estimate of drug-likeness (QED) is 0.0715. The summed E-state index contributed by atoms with van der Waals surface area (Å²) in [5.41, 5.74) is 16.8. The van der Waals surface area contributed by atoms with E-state index in [2.05, 4.69) is 51.9 Å². The molecule has 0 spiro atoms. The number of nitrogen functional groups attached to an aromatic ring is 2. The molecular weight excluding hydrogens is 830 g/mol. The van der Waals surface area contributed by atoms with Crippen LogP contribution in [0.1, 0.15) is 49.7 Å². The number of benzene rings is 2. The Labute approximate surface area is 409 Å². The maximum Gasteiger partial charge on any atom is 1.00 e. The molecule has 0 unspecified atom stereocenters. The molecule has 2 heterocycles. The molecule has 2 aromatic heterocycles. The number of halogens is 6. The zero-order valence-electron chi connectivity index (χ0n) is 30.3. The smallest absolute Gasteiger partial charge is 1.00 e. The molecule has 52 heavy (non-hydrogen) atoms. The van der Waals surface area contributed by atoms with E-state index in [1.165, 1.54) is 30.5 Å². The van der Waals surface area contributed by atoms with Crippen LogP contribution in [0.2, 0.25) is 39.7 Å². The number of carbonyl (C=O) groups excluding carboxylic acids is 1. The number of nitrogens with zero attached hydrogens (tertiary/aromatic N) is 2. The maximum absolute atomic E-state index is 13.7. The largest absolute Gasteiger partial charge is 1.00 e. The zero-order valence-corrected chi connectivity index (χ0v) is 39.6. The van der Waals surface area contributed by atoms with Crippen molar-refractivity contribution in [2.24, 2.45) is 0 Å². The van der Waals surface area contributed by atoms with Gasteiger partial charge in [-0.1, -0.05) is 77.9 Å². The van der Waals surface area contributed by atoms with Gasteiger partial charge in [-0.3, -0.25) is 4.79 Å². The first-order valence-electron chi connectivity index (χ1n) is 14.3. The second-order valence-corrected chi connectivity index (χ2v) is 17.4. The van der Waals surface area contributed by atoms with Crippen LogP contribution in [0.4, 0.5) is 20.4 Å². The van der Waals surface area contributed by atoms with E-state index in [0.29, 0.717) is 38.0 Å². The predicted molar refractivity (Wildman–Crippen MR) is 195 cm³/mol. The van der Waals surface area contributed by atoms with E-state index in [1.807, 2.05) is 0 Å². The average Bonchev–Trinajstić information content (AvgIpc) is 3.06. The third kappa shape index (κ3) is 16.0. The Hall–Kier alpha value is -1.00. The number of carbonyl (C=O) groups is 1. The Kier molecular flexibility index (Phi) is 24.0. The molecule has 4 aromatic rings. The van der Waals surface area contributed by atoms with E-state index >= 15 is 0 Å². The topological polar surface area (TPSA) is 146 Å². The van der Waals surface area contributed by atoms with Crippen LogP contribution in [-0.4, -0.2) is 24.5 Å². The van der Waals surface area contributed by atoms with Crippen molar-refractivity contribution in [1.29, 1.82) is 0 Å². The van der Waals surface area contributed by atoms with E-state index in [1.54, 1.807) is 32.2 Å². The van der Waals surface area contributed by atoms with Crippen LogP contribution in [-0.2, 0) is 9.68 Å². The minimum absolute atomic E-state index is 0. The molecular formula is C34H32Cl4F2K2N4O5Si. The normalized spacial score (nSPS) is 11.1. The summed E-state index contributed by atoms with van der Waals surface area (Å²) in [6, 6.07) is 8.54. The van der Waals surface area contributed by atoms with Crippen molar-refractivity contribution in [2.75, 3.05) is 11.5 Å². The van der Waals surface area contributed by atoms with Crippen molar-refractivity contribution in [2.45, 2.75) is 45.7 Å². The van der Waals surface area contributed by atoms with Crippen LogP contribution < -0.4 is 129 Å². The number of ether oxygens (including phenoxy) is 2. The Morgan fingerprint density at radius 1 is 0.846 bits per heavy atom. The summed E-state index contributed by atoms with van der Waals surface area (Å²) in [4.78, 5) is 19.3. The Morgan fingerprint density at radius 2 is 1.23 bits per heavy atom. The van der Waals surface area contributed by atoms with Gasteiger partial charge in [0.15, 0.2) is 23.1 Å². The molecule has 0 saturated heterocycles. The van der Waals surface area contributed by atoms with E-state index in [9.17, 15) is 8.78 Å². The second kappa shape index (κ2) is 24.5. The number of terminal acetylenes is 1. The predicted octanol–water partition coefficient (Wildman–Crippen LogP) is 2.26. The van der Waals surface area contributed by atoms with Gasteiger partial charge >= 0.3 is 103 Å². The van der Waals surface area contributed by atoms with Gasteiger partial charge in [-0.2, -0.15) is 0 Å². The standard InChI is InChI=1S/C18H19Cl2FN2OSi.C15H11Cl2FN2O.CH2O3.2K.H/c1-11(16-13(19)5-6-14(21)17(16)20)24-15-9-12(10-23-18(15)22)7-8-25(2,3)4;1-3-9-6-12(15(19)20-7-9)21-8(2)13-10(16)4-5-11(18)14(13)17;2-1-4-3;;;/h5-6,9-11H,1-4H3,(H2,22,23);1,4-8H,2H3,(H2,19,20);1,3H;;;/q;;;2*+1;-1/p-1/t11-;8-;;;;/m00..../s1. The van der Waals surface area contributed by atoms with Gasteiger partial charge in [0.25, 0.3) is 6.47 Å². The number of nitrogens with two attached hydrogens (primary N) is 2. The van der Waals surface area contributed by atoms with Crippen LogP contribution in [0.15, 0.2) is 48.8 Å². The van der Waals surface area contributed by atoms with E-state index in [0.717, 1.165) is 0 Å². The van der Waals surface area contributed by atoms with Gasteiger partial charge in [0.05, 0.1) is 10.0 Å². The molecule has 0 amide bonds. The number of aromatic nitrogens is 2. The van der Waals surface area contributed by atoms with E-state index in [4.69, 9.17) is 83.8 Å². The van der Waals surface area contributed by atoms with Gasteiger partial charge < -0.3 is 32.5 Å². The fraction of sp³-hybridized carbons (Fsp3) is 0.206. The molecule has 266 valence electrons. The van der Waals surface area contributed by atoms with Crippen molar-refractivity contribution in [1.82, 2.24) is 9.97 Å². The number of rotatable bonds is 7. The summed E-state index contributed by atoms with van der Waals surface area (Å²) in [5, 5.41) is 8.89. The third-order valence-electron chi connectivity index (χ3n) is 6.13. The molecule has 4 N–H and O–H groups in total. The van der Waals surface area contributed by atoms with Gasteiger partial charge in [0.1, 0.15) is 31.9 Å². The SMILES string of the molecule is C#Cc1cnc(N)c(O[C@@H](C)c2c(Cl)ccc(F)c2Cl)c1.C[C@H](Oc1cc(C#C[Si](C)(C)C)cnc1N)c1c(Cl)ccc(F)c1Cl.O=CO[O-].[H-].[K+].[K+]. The number of hydrogen-bond acceptors (Lipinski definition) is 9. The van der Waals surface area contributed by atoms with Crippen LogP contribution in [0.5, 0.6) is 11.5 Å². The first-order valence-corrected chi connectivity index (χ1v) is 19.3. The second-order valence-electron chi connectivity index (χ2n) is 11.1. The molecule has 0 bridgehead atoms. The molecule has 18 heteroatoms. The van der Waals surface area contributed by atoms with Gasteiger partial charge in [-0.05, 0) is 38.1 Å². The summed E-state index contributed by atoms with van der Waals surface area (Å²) in [7, 11) is -1.51. The van der Waals surface area contributed by atoms with E-state index in [-0.39, 0.29) is 138 Å². The number of pyridine rings is 2. The molecule has 9 nitrogen and oxygen atoms in total. The summed E-state index contributed by atoms with van der Waals surface area (Å²) in [5.74, 6) is 5.42. The zero-order chi connectivity index (χ0) is 37.8. The van der Waals surface area contributed by atoms with Gasteiger partial charge in [0.2, 0.25) is 0 Å².